The molecule has 1 aromatic heterocycles. The van der Waals surface area contributed by atoms with Crippen molar-refractivity contribution in [2.75, 3.05) is 0 Å². The predicted octanol–water partition coefficient (Wildman–Crippen LogP) is 4.57. The average molecular weight is 356 g/mol. The zero-order valence-corrected chi connectivity index (χ0v) is 14.0. The second-order valence-electron chi connectivity index (χ2n) is 5.19. The Labute approximate surface area is 132 Å². The van der Waals surface area contributed by atoms with Crippen LogP contribution < -0.4 is 10.1 Å². The van der Waals surface area contributed by atoms with E-state index in [1.165, 1.54) is 6.07 Å². The van der Waals surface area contributed by atoms with E-state index in [1.807, 2.05) is 13.0 Å². The molecule has 2 rings (SSSR count). The summed E-state index contributed by atoms with van der Waals surface area (Å²) in [7, 11) is 0. The van der Waals surface area contributed by atoms with E-state index in [0.29, 0.717) is 29.4 Å². The third-order valence-corrected chi connectivity index (χ3v) is 3.65. The molecule has 3 nitrogen and oxygen atoms in total. The molecule has 2 aromatic rings. The maximum atomic E-state index is 13.2. The van der Waals surface area contributed by atoms with Crippen molar-refractivity contribution >= 4 is 15.9 Å². The van der Waals surface area contributed by atoms with Crippen molar-refractivity contribution in [3.63, 3.8) is 0 Å². The highest BCUT2D eigenvalue weighted by molar-refractivity contribution is 9.10. The van der Waals surface area contributed by atoms with E-state index in [0.717, 1.165) is 17.1 Å². The number of ether oxygens (including phenoxy) is 1. The maximum absolute atomic E-state index is 13.2. The standard InChI is InChI=1S/C16H19BrFNO2/c1-10(2)19-8-14-6-12(11(3)21-14)9-20-13-4-5-16(18)15(17)7-13/h4-7,10,19H,8-9H2,1-3H3. The first-order valence-electron chi connectivity index (χ1n) is 6.85. The van der Waals surface area contributed by atoms with E-state index in [1.54, 1.807) is 12.1 Å². The number of nitrogens with one attached hydrogen (secondary N) is 1. The Hall–Kier alpha value is -1.33. The van der Waals surface area contributed by atoms with Crippen LogP contribution in [0.2, 0.25) is 0 Å². The lowest BCUT2D eigenvalue weighted by molar-refractivity contribution is 0.302. The van der Waals surface area contributed by atoms with Gasteiger partial charge in [0.05, 0.1) is 11.0 Å². The normalized spacial score (nSPS) is 11.1. The van der Waals surface area contributed by atoms with Gasteiger partial charge >= 0.3 is 0 Å². The molecule has 0 fully saturated rings. The van der Waals surface area contributed by atoms with Gasteiger partial charge in [-0.25, -0.2) is 4.39 Å². The van der Waals surface area contributed by atoms with Crippen molar-refractivity contribution < 1.29 is 13.5 Å². The molecule has 5 heteroatoms. The summed E-state index contributed by atoms with van der Waals surface area (Å²) < 4.78 is 24.9. The Bertz CT molecular complexity index is 610. The summed E-state index contributed by atoms with van der Waals surface area (Å²) in [5, 5.41) is 3.31. The van der Waals surface area contributed by atoms with Crippen molar-refractivity contribution in [3.05, 3.63) is 51.6 Å². The van der Waals surface area contributed by atoms with Crippen molar-refractivity contribution in [1.29, 1.82) is 0 Å². The first kappa shape index (κ1) is 16.0. The van der Waals surface area contributed by atoms with Crippen LogP contribution in [0.25, 0.3) is 0 Å². The lowest BCUT2D eigenvalue weighted by atomic mass is 10.2. The largest absolute Gasteiger partial charge is 0.489 e. The van der Waals surface area contributed by atoms with E-state index in [2.05, 4.69) is 35.1 Å². The maximum Gasteiger partial charge on any atom is 0.137 e. The van der Waals surface area contributed by atoms with Gasteiger partial charge in [-0.05, 0) is 47.1 Å². The topological polar surface area (TPSA) is 34.4 Å². The number of benzene rings is 1. The van der Waals surface area contributed by atoms with Crippen LogP contribution in [-0.4, -0.2) is 6.04 Å². The van der Waals surface area contributed by atoms with Crippen molar-refractivity contribution in [2.45, 2.75) is 40.0 Å². The highest BCUT2D eigenvalue weighted by Crippen LogP contribution is 2.23. The summed E-state index contributed by atoms with van der Waals surface area (Å²) >= 11 is 3.14. The minimum absolute atomic E-state index is 0.302. The predicted molar refractivity (Wildman–Crippen MR) is 83.9 cm³/mol. The number of rotatable bonds is 6. The molecule has 21 heavy (non-hydrogen) atoms. The van der Waals surface area contributed by atoms with Crippen LogP contribution in [0, 0.1) is 12.7 Å². The molecule has 1 N–H and O–H groups in total. The molecule has 0 bridgehead atoms. The Kier molecular flexibility index (Phi) is 5.42. The molecule has 0 aliphatic rings. The first-order valence-corrected chi connectivity index (χ1v) is 7.64. The van der Waals surface area contributed by atoms with Crippen molar-refractivity contribution in [1.82, 2.24) is 5.32 Å². The summed E-state index contributed by atoms with van der Waals surface area (Å²) in [6, 6.07) is 7.00. The molecule has 0 radical (unpaired) electrons. The van der Waals surface area contributed by atoms with Gasteiger partial charge in [-0.15, -0.1) is 0 Å². The quantitative estimate of drug-likeness (QED) is 0.824. The van der Waals surface area contributed by atoms with Crippen molar-refractivity contribution in [2.24, 2.45) is 0 Å². The zero-order chi connectivity index (χ0) is 15.4. The minimum Gasteiger partial charge on any atom is -0.489 e. The zero-order valence-electron chi connectivity index (χ0n) is 12.4. The molecule has 0 aliphatic carbocycles. The van der Waals surface area contributed by atoms with Crippen LogP contribution in [0.3, 0.4) is 0 Å². The Morgan fingerprint density at radius 1 is 1.33 bits per heavy atom. The Balaban J connectivity index is 1.97. The van der Waals surface area contributed by atoms with Gasteiger partial charge in [0.25, 0.3) is 0 Å². The molecule has 0 amide bonds. The molecule has 0 spiro atoms. The summed E-state index contributed by atoms with van der Waals surface area (Å²) in [5.74, 6) is 2.05. The molecule has 0 saturated heterocycles. The third kappa shape index (κ3) is 4.58. The number of aryl methyl sites for hydroxylation is 1. The van der Waals surface area contributed by atoms with Gasteiger partial charge in [0, 0.05) is 11.6 Å². The fourth-order valence-corrected chi connectivity index (χ4v) is 2.21. The lowest BCUT2D eigenvalue weighted by Gasteiger charge is -2.06. The van der Waals surface area contributed by atoms with E-state index >= 15 is 0 Å². The summed E-state index contributed by atoms with van der Waals surface area (Å²) in [6.07, 6.45) is 0. The molecule has 1 aromatic carbocycles. The monoisotopic (exact) mass is 355 g/mol. The lowest BCUT2D eigenvalue weighted by Crippen LogP contribution is -2.21. The molecular formula is C16H19BrFNO2. The van der Waals surface area contributed by atoms with Crippen LogP contribution in [-0.2, 0) is 13.2 Å². The van der Waals surface area contributed by atoms with Gasteiger partial charge in [-0.2, -0.15) is 0 Å². The molecule has 114 valence electrons. The molecule has 1 heterocycles. The second kappa shape index (κ2) is 7.09. The van der Waals surface area contributed by atoms with Gasteiger partial charge in [-0.3, -0.25) is 0 Å². The third-order valence-electron chi connectivity index (χ3n) is 3.04. The van der Waals surface area contributed by atoms with E-state index < -0.39 is 0 Å². The fraction of sp³-hybridized carbons (Fsp3) is 0.375. The average Bonchev–Trinajstić information content (AvgIpc) is 2.78. The van der Waals surface area contributed by atoms with Crippen LogP contribution in [0.15, 0.2) is 33.2 Å². The van der Waals surface area contributed by atoms with Crippen LogP contribution >= 0.6 is 15.9 Å². The molecule has 0 unspecified atom stereocenters. The van der Waals surface area contributed by atoms with Gasteiger partial charge in [0.15, 0.2) is 0 Å². The molecular weight excluding hydrogens is 337 g/mol. The SMILES string of the molecule is Cc1oc(CNC(C)C)cc1COc1ccc(F)c(Br)c1. The van der Waals surface area contributed by atoms with Crippen molar-refractivity contribution in [3.8, 4) is 5.75 Å². The van der Waals surface area contributed by atoms with Gasteiger partial charge in [0.1, 0.15) is 29.7 Å². The summed E-state index contributed by atoms with van der Waals surface area (Å²) in [4.78, 5) is 0. The number of halogens is 2. The van der Waals surface area contributed by atoms with Crippen LogP contribution in [0.5, 0.6) is 5.75 Å². The smallest absolute Gasteiger partial charge is 0.137 e. The van der Waals surface area contributed by atoms with Crippen LogP contribution in [0.1, 0.15) is 30.9 Å². The van der Waals surface area contributed by atoms with E-state index in [-0.39, 0.29) is 5.82 Å². The molecule has 0 aliphatic heterocycles. The minimum atomic E-state index is -0.302. The summed E-state index contributed by atoms with van der Waals surface area (Å²) in [6.45, 7) is 7.19. The van der Waals surface area contributed by atoms with Gasteiger partial charge in [-0.1, -0.05) is 13.8 Å². The van der Waals surface area contributed by atoms with E-state index in [9.17, 15) is 4.39 Å². The number of hydrogen-bond acceptors (Lipinski definition) is 3. The van der Waals surface area contributed by atoms with Gasteiger partial charge in [0.2, 0.25) is 0 Å². The first-order chi connectivity index (χ1) is 9.95. The molecule has 0 saturated carbocycles. The fourth-order valence-electron chi connectivity index (χ4n) is 1.85. The molecule has 0 atom stereocenters. The highest BCUT2D eigenvalue weighted by Gasteiger charge is 2.09. The Morgan fingerprint density at radius 3 is 2.76 bits per heavy atom. The highest BCUT2D eigenvalue weighted by atomic mass is 79.9. The number of furan rings is 1. The Morgan fingerprint density at radius 2 is 2.10 bits per heavy atom. The summed E-state index contributed by atoms with van der Waals surface area (Å²) in [5.41, 5.74) is 0.996. The van der Waals surface area contributed by atoms with Crippen LogP contribution in [0.4, 0.5) is 4.39 Å². The van der Waals surface area contributed by atoms with Gasteiger partial charge < -0.3 is 14.5 Å². The second-order valence-corrected chi connectivity index (χ2v) is 6.05. The number of hydrogen-bond donors (Lipinski definition) is 1. The van der Waals surface area contributed by atoms with E-state index in [4.69, 9.17) is 9.15 Å².